The molecule has 0 aliphatic heterocycles. The standard InChI is InChI=1S/C11H23NO3S/c1-9(2)16(14,15)7-6-11(13)5-4-10(3)8-12/h9-10H,4-8,12H2,1-3H3. The Morgan fingerprint density at radius 2 is 1.75 bits per heavy atom. The Morgan fingerprint density at radius 1 is 1.19 bits per heavy atom. The molecule has 2 N–H and O–H groups in total. The molecule has 0 saturated heterocycles. The lowest BCUT2D eigenvalue weighted by Gasteiger charge is -2.08. The van der Waals surface area contributed by atoms with E-state index in [1.54, 1.807) is 13.8 Å². The number of rotatable bonds is 8. The third-order valence-electron chi connectivity index (χ3n) is 2.70. The minimum absolute atomic E-state index is 0.0181. The summed E-state index contributed by atoms with van der Waals surface area (Å²) in [5.41, 5.74) is 5.43. The van der Waals surface area contributed by atoms with Gasteiger partial charge < -0.3 is 5.73 Å². The van der Waals surface area contributed by atoms with Crippen LogP contribution in [0.4, 0.5) is 0 Å². The Balaban J connectivity index is 3.91. The van der Waals surface area contributed by atoms with Crippen molar-refractivity contribution in [1.82, 2.24) is 0 Å². The highest BCUT2D eigenvalue weighted by molar-refractivity contribution is 7.91. The molecule has 1 unspecified atom stereocenters. The van der Waals surface area contributed by atoms with Gasteiger partial charge in [-0.1, -0.05) is 6.92 Å². The van der Waals surface area contributed by atoms with Gasteiger partial charge in [-0.2, -0.15) is 0 Å². The molecule has 0 heterocycles. The number of ketones is 1. The van der Waals surface area contributed by atoms with Gasteiger partial charge in [-0.3, -0.25) is 4.79 Å². The second-order valence-electron chi connectivity index (χ2n) is 4.58. The van der Waals surface area contributed by atoms with E-state index in [-0.39, 0.29) is 18.0 Å². The highest BCUT2D eigenvalue weighted by atomic mass is 32.2. The van der Waals surface area contributed by atoms with Crippen molar-refractivity contribution in [2.75, 3.05) is 12.3 Å². The molecule has 4 nitrogen and oxygen atoms in total. The first-order chi connectivity index (χ1) is 7.29. The summed E-state index contributed by atoms with van der Waals surface area (Å²) in [6.45, 7) is 5.82. The van der Waals surface area contributed by atoms with Gasteiger partial charge in [0.25, 0.3) is 0 Å². The minimum Gasteiger partial charge on any atom is -0.330 e. The van der Waals surface area contributed by atoms with Crippen LogP contribution >= 0.6 is 0 Å². The summed E-state index contributed by atoms with van der Waals surface area (Å²) >= 11 is 0. The van der Waals surface area contributed by atoms with Crippen molar-refractivity contribution in [1.29, 1.82) is 0 Å². The van der Waals surface area contributed by atoms with Crippen molar-refractivity contribution in [3.63, 3.8) is 0 Å². The van der Waals surface area contributed by atoms with Crippen molar-refractivity contribution < 1.29 is 13.2 Å². The van der Waals surface area contributed by atoms with Crippen LogP contribution in [0.15, 0.2) is 0 Å². The first-order valence-corrected chi connectivity index (χ1v) is 7.44. The molecular formula is C11H23NO3S. The molecule has 0 saturated carbocycles. The first-order valence-electron chi connectivity index (χ1n) is 5.73. The van der Waals surface area contributed by atoms with Gasteiger partial charge in [0, 0.05) is 12.8 Å². The number of sulfone groups is 1. The number of hydrogen-bond acceptors (Lipinski definition) is 4. The Morgan fingerprint density at radius 3 is 2.19 bits per heavy atom. The van der Waals surface area contributed by atoms with E-state index in [0.717, 1.165) is 6.42 Å². The third-order valence-corrected chi connectivity index (χ3v) is 4.91. The lowest BCUT2D eigenvalue weighted by atomic mass is 10.0. The van der Waals surface area contributed by atoms with E-state index < -0.39 is 15.1 Å². The van der Waals surface area contributed by atoms with E-state index in [9.17, 15) is 13.2 Å². The quantitative estimate of drug-likeness (QED) is 0.700. The Bertz CT molecular complexity index is 309. The van der Waals surface area contributed by atoms with Gasteiger partial charge in [0.05, 0.1) is 11.0 Å². The zero-order valence-electron chi connectivity index (χ0n) is 10.4. The molecule has 1 atom stereocenters. The molecule has 0 bridgehead atoms. The molecule has 0 aliphatic rings. The van der Waals surface area contributed by atoms with Crippen LogP contribution in [-0.2, 0) is 14.6 Å². The summed E-state index contributed by atoms with van der Waals surface area (Å²) in [5.74, 6) is 0.315. The van der Waals surface area contributed by atoms with E-state index in [2.05, 4.69) is 0 Å². The second-order valence-corrected chi connectivity index (χ2v) is 7.26. The van der Waals surface area contributed by atoms with Gasteiger partial charge in [0.1, 0.15) is 5.78 Å². The summed E-state index contributed by atoms with van der Waals surface area (Å²) in [7, 11) is -3.08. The zero-order chi connectivity index (χ0) is 12.8. The molecule has 0 radical (unpaired) electrons. The number of nitrogens with two attached hydrogens (primary N) is 1. The average molecular weight is 249 g/mol. The van der Waals surface area contributed by atoms with Crippen LogP contribution in [0.1, 0.15) is 40.0 Å². The van der Waals surface area contributed by atoms with Crippen molar-refractivity contribution in [3.8, 4) is 0 Å². The average Bonchev–Trinajstić information content (AvgIpc) is 2.22. The smallest absolute Gasteiger partial charge is 0.153 e. The molecule has 0 spiro atoms. The van der Waals surface area contributed by atoms with Crippen LogP contribution in [0.25, 0.3) is 0 Å². The van der Waals surface area contributed by atoms with Gasteiger partial charge >= 0.3 is 0 Å². The molecule has 0 rings (SSSR count). The van der Waals surface area contributed by atoms with Gasteiger partial charge in [0.2, 0.25) is 0 Å². The lowest BCUT2D eigenvalue weighted by molar-refractivity contribution is -0.118. The lowest BCUT2D eigenvalue weighted by Crippen LogP contribution is -2.20. The van der Waals surface area contributed by atoms with Gasteiger partial charge in [-0.25, -0.2) is 8.42 Å². The normalized spacial score (nSPS) is 14.1. The highest BCUT2D eigenvalue weighted by Crippen LogP contribution is 2.08. The second kappa shape index (κ2) is 7.01. The fourth-order valence-electron chi connectivity index (χ4n) is 1.14. The molecular weight excluding hydrogens is 226 g/mol. The van der Waals surface area contributed by atoms with Crippen molar-refractivity contribution >= 4 is 15.6 Å². The van der Waals surface area contributed by atoms with E-state index in [1.807, 2.05) is 6.92 Å². The number of Topliss-reactive ketones (excluding diaryl/α,β-unsaturated/α-hetero) is 1. The van der Waals surface area contributed by atoms with Crippen LogP contribution in [0, 0.1) is 5.92 Å². The van der Waals surface area contributed by atoms with E-state index in [1.165, 1.54) is 0 Å². The topological polar surface area (TPSA) is 77.2 Å². The molecule has 0 aromatic rings. The molecule has 0 amide bonds. The van der Waals surface area contributed by atoms with Crippen LogP contribution in [0.5, 0.6) is 0 Å². The summed E-state index contributed by atoms with van der Waals surface area (Å²) in [4.78, 5) is 11.4. The summed E-state index contributed by atoms with van der Waals surface area (Å²) < 4.78 is 22.9. The minimum atomic E-state index is -3.08. The Kier molecular flexibility index (Phi) is 6.83. The van der Waals surface area contributed by atoms with E-state index in [4.69, 9.17) is 5.73 Å². The monoisotopic (exact) mass is 249 g/mol. The van der Waals surface area contributed by atoms with Gasteiger partial charge in [0.15, 0.2) is 9.84 Å². The largest absolute Gasteiger partial charge is 0.330 e. The highest BCUT2D eigenvalue weighted by Gasteiger charge is 2.17. The predicted octanol–water partition coefficient (Wildman–Crippen LogP) is 1.14. The fourth-order valence-corrected chi connectivity index (χ4v) is 2.13. The predicted molar refractivity (Wildman–Crippen MR) is 66.0 cm³/mol. The van der Waals surface area contributed by atoms with Crippen LogP contribution < -0.4 is 5.73 Å². The molecule has 0 fully saturated rings. The molecule has 16 heavy (non-hydrogen) atoms. The number of carbonyl (C=O) groups excluding carboxylic acids is 1. The Labute approximate surface area is 98.5 Å². The van der Waals surface area contributed by atoms with Gasteiger partial charge in [-0.05, 0) is 32.7 Å². The molecule has 0 aliphatic carbocycles. The van der Waals surface area contributed by atoms with Gasteiger partial charge in [-0.15, -0.1) is 0 Å². The molecule has 96 valence electrons. The van der Waals surface area contributed by atoms with E-state index >= 15 is 0 Å². The summed E-state index contributed by atoms with van der Waals surface area (Å²) in [6.07, 6.45) is 1.32. The van der Waals surface area contributed by atoms with Crippen molar-refractivity contribution in [3.05, 3.63) is 0 Å². The van der Waals surface area contributed by atoms with Crippen molar-refractivity contribution in [2.45, 2.75) is 45.3 Å². The van der Waals surface area contributed by atoms with Crippen LogP contribution in [-0.4, -0.2) is 31.7 Å². The first kappa shape index (κ1) is 15.6. The number of hydrogen-bond donors (Lipinski definition) is 1. The fraction of sp³-hybridized carbons (Fsp3) is 0.909. The summed E-state index contributed by atoms with van der Waals surface area (Å²) in [6, 6.07) is 0. The summed E-state index contributed by atoms with van der Waals surface area (Å²) in [5, 5.41) is -0.400. The SMILES string of the molecule is CC(CN)CCC(=O)CCS(=O)(=O)C(C)C. The van der Waals surface area contributed by atoms with Crippen LogP contribution in [0.3, 0.4) is 0 Å². The third kappa shape index (κ3) is 6.23. The van der Waals surface area contributed by atoms with E-state index in [0.29, 0.717) is 18.9 Å². The molecule has 0 aromatic carbocycles. The van der Waals surface area contributed by atoms with Crippen LogP contribution in [0.2, 0.25) is 0 Å². The molecule has 0 aromatic heterocycles. The zero-order valence-corrected chi connectivity index (χ0v) is 11.2. The number of carbonyl (C=O) groups is 1. The maximum Gasteiger partial charge on any atom is 0.153 e. The Hall–Kier alpha value is -0.420. The van der Waals surface area contributed by atoms with Crippen molar-refractivity contribution in [2.24, 2.45) is 11.7 Å². The maximum absolute atomic E-state index is 11.5. The maximum atomic E-state index is 11.5. The molecule has 5 heteroatoms.